The van der Waals surface area contributed by atoms with Gasteiger partial charge in [-0.15, -0.1) is 0 Å². The van der Waals surface area contributed by atoms with Crippen LogP contribution in [0.2, 0.25) is 5.02 Å². The molecule has 0 saturated carbocycles. The van der Waals surface area contributed by atoms with Crippen molar-refractivity contribution in [2.75, 3.05) is 18.4 Å². The first kappa shape index (κ1) is 22.6. The fourth-order valence-electron chi connectivity index (χ4n) is 3.07. The lowest BCUT2D eigenvalue weighted by molar-refractivity contribution is -0.143. The van der Waals surface area contributed by atoms with Crippen molar-refractivity contribution in [1.29, 1.82) is 0 Å². The maximum Gasteiger partial charge on any atom is 0.303 e. The molecule has 3 rings (SSSR count). The maximum absolute atomic E-state index is 9.64. The number of hydrogen-bond donors (Lipinski definition) is 4. The van der Waals surface area contributed by atoms with Crippen LogP contribution in [0.3, 0.4) is 0 Å². The Morgan fingerprint density at radius 3 is 2.34 bits per heavy atom. The zero-order valence-electron chi connectivity index (χ0n) is 16.3. The van der Waals surface area contributed by atoms with Crippen LogP contribution < -0.4 is 10.6 Å². The molecule has 0 spiro atoms. The molecule has 0 fully saturated rings. The van der Waals surface area contributed by atoms with Crippen molar-refractivity contribution in [3.8, 4) is 0 Å². The number of halogens is 1. The fraction of sp³-hybridized carbons (Fsp3) is 0.381. The molecule has 1 unspecified atom stereocenters. The zero-order chi connectivity index (χ0) is 21.2. The molecule has 1 aromatic carbocycles. The Morgan fingerprint density at radius 2 is 1.72 bits per heavy atom. The summed E-state index contributed by atoms with van der Waals surface area (Å²) >= 11 is 6.45. The first-order chi connectivity index (χ1) is 13.9. The minimum absolute atomic E-state index is 0.202. The number of rotatable bonds is 6. The molecule has 1 atom stereocenters. The van der Waals surface area contributed by atoms with Gasteiger partial charge in [0.1, 0.15) is 0 Å². The SMILES string of the molecule is CC(Nc1c(Cl)ccc2c1CCNCC2)c1ccncc1.O=C(O)CCC(=O)O. The van der Waals surface area contributed by atoms with Gasteiger partial charge in [-0.1, -0.05) is 17.7 Å². The molecule has 0 saturated heterocycles. The summed E-state index contributed by atoms with van der Waals surface area (Å²) in [4.78, 5) is 23.4. The standard InChI is InChI=1S/C17H20ClN3.C4H6O4/c1-12(13-4-8-19-9-5-13)21-17-15-7-11-20-10-6-14(15)2-3-16(17)18;5-3(6)1-2-4(7)8/h2-5,8-9,12,20-21H,6-7,10-11H2,1H3;1-2H2,(H,5,6)(H,7,8). The molecule has 0 radical (unpaired) electrons. The Kier molecular flexibility index (Phi) is 8.89. The monoisotopic (exact) mass is 419 g/mol. The van der Waals surface area contributed by atoms with E-state index in [9.17, 15) is 9.59 Å². The highest BCUT2D eigenvalue weighted by molar-refractivity contribution is 6.33. The fourth-order valence-corrected chi connectivity index (χ4v) is 3.30. The molecule has 1 aliphatic rings. The van der Waals surface area contributed by atoms with E-state index in [1.807, 2.05) is 30.6 Å². The van der Waals surface area contributed by atoms with Crippen LogP contribution in [0.4, 0.5) is 5.69 Å². The van der Waals surface area contributed by atoms with Crippen molar-refractivity contribution in [3.05, 3.63) is 58.4 Å². The molecule has 8 heteroatoms. The molecular weight excluding hydrogens is 394 g/mol. The Labute approximate surface area is 175 Å². The smallest absolute Gasteiger partial charge is 0.303 e. The number of hydrogen-bond acceptors (Lipinski definition) is 5. The Bertz CT molecular complexity index is 816. The van der Waals surface area contributed by atoms with Gasteiger partial charge in [-0.2, -0.15) is 0 Å². The third-order valence-electron chi connectivity index (χ3n) is 4.60. The summed E-state index contributed by atoms with van der Waals surface area (Å²) in [6.07, 6.45) is 5.13. The Hall–Kier alpha value is -2.64. The van der Waals surface area contributed by atoms with Gasteiger partial charge < -0.3 is 20.8 Å². The lowest BCUT2D eigenvalue weighted by atomic mass is 9.99. The second-order valence-electron chi connectivity index (χ2n) is 6.74. The van der Waals surface area contributed by atoms with E-state index in [1.165, 1.54) is 16.7 Å². The number of carboxylic acid groups (broad SMARTS) is 2. The molecule has 0 bridgehead atoms. The summed E-state index contributed by atoms with van der Waals surface area (Å²) in [7, 11) is 0. The summed E-state index contributed by atoms with van der Waals surface area (Å²) < 4.78 is 0. The highest BCUT2D eigenvalue weighted by atomic mass is 35.5. The van der Waals surface area contributed by atoms with Gasteiger partial charge in [0.25, 0.3) is 0 Å². The van der Waals surface area contributed by atoms with Gasteiger partial charge in [0.2, 0.25) is 0 Å². The van der Waals surface area contributed by atoms with Crippen molar-refractivity contribution in [2.24, 2.45) is 0 Å². The number of anilines is 1. The molecule has 2 heterocycles. The van der Waals surface area contributed by atoms with Gasteiger partial charge in [-0.25, -0.2) is 0 Å². The third kappa shape index (κ3) is 7.36. The number of nitrogens with zero attached hydrogens (tertiary/aromatic N) is 1. The minimum Gasteiger partial charge on any atom is -0.481 e. The Balaban J connectivity index is 0.000000321. The van der Waals surface area contributed by atoms with Crippen molar-refractivity contribution in [2.45, 2.75) is 38.6 Å². The van der Waals surface area contributed by atoms with Gasteiger partial charge >= 0.3 is 11.9 Å². The van der Waals surface area contributed by atoms with Crippen LogP contribution in [0, 0.1) is 0 Å². The number of benzene rings is 1. The van der Waals surface area contributed by atoms with Gasteiger partial charge in [-0.05, 0) is 67.7 Å². The van der Waals surface area contributed by atoms with Crippen LogP contribution in [0.25, 0.3) is 0 Å². The van der Waals surface area contributed by atoms with Crippen molar-refractivity contribution in [1.82, 2.24) is 10.3 Å². The van der Waals surface area contributed by atoms with Crippen LogP contribution in [-0.2, 0) is 22.4 Å². The number of fused-ring (bicyclic) bond motifs is 1. The highest BCUT2D eigenvalue weighted by Gasteiger charge is 2.16. The number of carboxylic acids is 2. The number of carbonyl (C=O) groups is 2. The first-order valence-electron chi connectivity index (χ1n) is 9.49. The average Bonchev–Trinajstić information content (AvgIpc) is 2.95. The number of pyridine rings is 1. The lowest BCUT2D eigenvalue weighted by Crippen LogP contribution is -2.16. The molecule has 0 aliphatic carbocycles. The minimum atomic E-state index is -1.08. The van der Waals surface area contributed by atoms with Crippen LogP contribution in [0.1, 0.15) is 42.5 Å². The molecule has 7 nitrogen and oxygen atoms in total. The summed E-state index contributed by atoms with van der Waals surface area (Å²) in [5.41, 5.74) is 5.05. The first-order valence-corrected chi connectivity index (χ1v) is 9.87. The van der Waals surface area contributed by atoms with E-state index in [1.54, 1.807) is 0 Å². The van der Waals surface area contributed by atoms with E-state index in [0.717, 1.165) is 36.6 Å². The van der Waals surface area contributed by atoms with E-state index in [4.69, 9.17) is 21.8 Å². The van der Waals surface area contributed by atoms with Crippen LogP contribution in [0.5, 0.6) is 0 Å². The summed E-state index contributed by atoms with van der Waals surface area (Å²) in [5, 5.41) is 23.6. The molecule has 156 valence electrons. The lowest BCUT2D eigenvalue weighted by Gasteiger charge is -2.21. The largest absolute Gasteiger partial charge is 0.481 e. The molecular formula is C21H26ClN3O4. The third-order valence-corrected chi connectivity index (χ3v) is 4.92. The molecule has 2 aromatic rings. The van der Waals surface area contributed by atoms with Gasteiger partial charge in [0.15, 0.2) is 0 Å². The predicted molar refractivity (Wildman–Crippen MR) is 113 cm³/mol. The van der Waals surface area contributed by atoms with Crippen molar-refractivity contribution in [3.63, 3.8) is 0 Å². The van der Waals surface area contributed by atoms with E-state index < -0.39 is 11.9 Å². The quantitative estimate of drug-likeness (QED) is 0.566. The number of aliphatic carboxylic acids is 2. The molecule has 1 aromatic heterocycles. The highest BCUT2D eigenvalue weighted by Crippen LogP contribution is 2.33. The van der Waals surface area contributed by atoms with Crippen LogP contribution >= 0.6 is 11.6 Å². The maximum atomic E-state index is 9.64. The van der Waals surface area contributed by atoms with Crippen molar-refractivity contribution >= 4 is 29.2 Å². The molecule has 29 heavy (non-hydrogen) atoms. The second kappa shape index (κ2) is 11.4. The van der Waals surface area contributed by atoms with E-state index in [0.29, 0.717) is 0 Å². The molecule has 0 amide bonds. The van der Waals surface area contributed by atoms with E-state index in [-0.39, 0.29) is 18.9 Å². The normalized spacial score (nSPS) is 13.9. The van der Waals surface area contributed by atoms with Crippen LogP contribution in [-0.4, -0.2) is 40.2 Å². The topological polar surface area (TPSA) is 112 Å². The average molecular weight is 420 g/mol. The van der Waals surface area contributed by atoms with Gasteiger partial charge in [0, 0.05) is 18.4 Å². The van der Waals surface area contributed by atoms with Gasteiger partial charge in [0.05, 0.1) is 23.6 Å². The zero-order valence-corrected chi connectivity index (χ0v) is 17.1. The van der Waals surface area contributed by atoms with Crippen LogP contribution in [0.15, 0.2) is 36.7 Å². The molecule has 4 N–H and O–H groups in total. The predicted octanol–water partition coefficient (Wildman–Crippen LogP) is 3.53. The van der Waals surface area contributed by atoms with Gasteiger partial charge in [-0.3, -0.25) is 14.6 Å². The molecule has 1 aliphatic heterocycles. The van der Waals surface area contributed by atoms with Crippen molar-refractivity contribution < 1.29 is 19.8 Å². The summed E-state index contributed by atoms with van der Waals surface area (Å²) in [6, 6.07) is 8.44. The van der Waals surface area contributed by atoms with E-state index >= 15 is 0 Å². The second-order valence-corrected chi connectivity index (χ2v) is 7.15. The summed E-state index contributed by atoms with van der Waals surface area (Å²) in [6.45, 7) is 4.19. The number of aromatic nitrogens is 1. The summed E-state index contributed by atoms with van der Waals surface area (Å²) in [5.74, 6) is -2.15. The Morgan fingerprint density at radius 1 is 1.10 bits per heavy atom. The number of nitrogens with one attached hydrogen (secondary N) is 2. The van der Waals surface area contributed by atoms with E-state index in [2.05, 4.69) is 28.6 Å².